The van der Waals surface area contributed by atoms with Crippen molar-refractivity contribution in [1.29, 1.82) is 0 Å². The molecule has 0 atom stereocenters. The maximum atomic E-state index is 13.1. The van der Waals surface area contributed by atoms with Crippen molar-refractivity contribution >= 4 is 27.3 Å². The van der Waals surface area contributed by atoms with E-state index in [-0.39, 0.29) is 5.82 Å². The lowest BCUT2D eigenvalue weighted by Crippen LogP contribution is -2.20. The summed E-state index contributed by atoms with van der Waals surface area (Å²) in [6.45, 7) is 1.74. The Morgan fingerprint density at radius 3 is 2.84 bits per heavy atom. The van der Waals surface area contributed by atoms with Gasteiger partial charge in [-0.05, 0) is 41.8 Å². The molecule has 2 N–H and O–H groups in total. The summed E-state index contributed by atoms with van der Waals surface area (Å²) < 4.78 is 13.9. The molecular formula is C15H14BrFN2. The van der Waals surface area contributed by atoms with Crippen LogP contribution in [-0.4, -0.2) is 6.54 Å². The van der Waals surface area contributed by atoms with Crippen LogP contribution in [0.5, 0.6) is 0 Å². The molecule has 2 nitrogen and oxygen atoms in total. The van der Waals surface area contributed by atoms with Crippen molar-refractivity contribution in [2.45, 2.75) is 13.0 Å². The van der Waals surface area contributed by atoms with Gasteiger partial charge in [0.15, 0.2) is 0 Å². The van der Waals surface area contributed by atoms with Crippen LogP contribution in [0.1, 0.15) is 11.1 Å². The lowest BCUT2D eigenvalue weighted by molar-refractivity contribution is 0.625. The zero-order valence-electron chi connectivity index (χ0n) is 10.4. The molecule has 0 unspecified atom stereocenters. The van der Waals surface area contributed by atoms with Gasteiger partial charge in [0.25, 0.3) is 0 Å². The monoisotopic (exact) mass is 320 g/mol. The molecule has 0 aliphatic carbocycles. The largest absolute Gasteiger partial charge is 0.399 e. The lowest BCUT2D eigenvalue weighted by atomic mass is 10.1. The maximum Gasteiger partial charge on any atom is 0.124 e. The predicted molar refractivity (Wildman–Crippen MR) is 79.7 cm³/mol. The van der Waals surface area contributed by atoms with E-state index in [1.165, 1.54) is 23.4 Å². The summed E-state index contributed by atoms with van der Waals surface area (Å²) in [7, 11) is 0. The second-order valence-electron chi connectivity index (χ2n) is 4.80. The molecular weight excluding hydrogens is 307 g/mol. The molecule has 3 rings (SSSR count). The molecule has 1 aliphatic rings. The van der Waals surface area contributed by atoms with Crippen LogP contribution in [0.3, 0.4) is 0 Å². The summed E-state index contributed by atoms with van der Waals surface area (Å²) in [6, 6.07) is 10.9. The number of halogens is 2. The van der Waals surface area contributed by atoms with E-state index in [0.717, 1.165) is 35.2 Å². The van der Waals surface area contributed by atoms with Crippen LogP contribution < -0.4 is 10.6 Å². The fourth-order valence-corrected chi connectivity index (χ4v) is 2.96. The van der Waals surface area contributed by atoms with E-state index in [1.807, 2.05) is 18.2 Å². The SMILES string of the molecule is Nc1ccc2c(c1)N(Cc1ccc(F)cc1Br)CC2. The second kappa shape index (κ2) is 4.85. The van der Waals surface area contributed by atoms with Gasteiger partial charge < -0.3 is 10.6 Å². The predicted octanol–water partition coefficient (Wildman–Crippen LogP) is 3.73. The van der Waals surface area contributed by atoms with Gasteiger partial charge >= 0.3 is 0 Å². The second-order valence-corrected chi connectivity index (χ2v) is 5.65. The molecule has 2 aromatic carbocycles. The summed E-state index contributed by atoms with van der Waals surface area (Å²) in [6.07, 6.45) is 1.04. The molecule has 4 heteroatoms. The quantitative estimate of drug-likeness (QED) is 0.854. The zero-order chi connectivity index (χ0) is 13.4. The van der Waals surface area contributed by atoms with Gasteiger partial charge in [0.1, 0.15) is 5.82 Å². The summed E-state index contributed by atoms with van der Waals surface area (Å²) in [5.74, 6) is -0.221. The normalized spacial score (nSPS) is 13.7. The number of anilines is 2. The molecule has 0 bridgehead atoms. The molecule has 1 aliphatic heterocycles. The fraction of sp³-hybridized carbons (Fsp3) is 0.200. The van der Waals surface area contributed by atoms with Crippen LogP contribution >= 0.6 is 15.9 Å². The van der Waals surface area contributed by atoms with Crippen LogP contribution in [0, 0.1) is 5.82 Å². The van der Waals surface area contributed by atoms with Crippen molar-refractivity contribution < 1.29 is 4.39 Å². The highest BCUT2D eigenvalue weighted by Gasteiger charge is 2.19. The van der Waals surface area contributed by atoms with Crippen LogP contribution in [0.4, 0.5) is 15.8 Å². The molecule has 0 aromatic heterocycles. The van der Waals surface area contributed by atoms with Crippen LogP contribution in [0.25, 0.3) is 0 Å². The Balaban J connectivity index is 1.88. The fourth-order valence-electron chi connectivity index (χ4n) is 2.48. The smallest absolute Gasteiger partial charge is 0.124 e. The summed E-state index contributed by atoms with van der Waals surface area (Å²) >= 11 is 3.42. The molecule has 19 heavy (non-hydrogen) atoms. The molecule has 98 valence electrons. The van der Waals surface area contributed by atoms with Gasteiger partial charge in [-0.2, -0.15) is 0 Å². The van der Waals surface area contributed by atoms with Crippen molar-refractivity contribution in [2.24, 2.45) is 0 Å². The highest BCUT2D eigenvalue weighted by Crippen LogP contribution is 2.32. The number of nitrogen functional groups attached to an aromatic ring is 1. The summed E-state index contributed by atoms with van der Waals surface area (Å²) in [5.41, 5.74) is 10.2. The molecule has 0 saturated carbocycles. The minimum Gasteiger partial charge on any atom is -0.399 e. The number of fused-ring (bicyclic) bond motifs is 1. The third-order valence-corrected chi connectivity index (χ3v) is 4.22. The van der Waals surface area contributed by atoms with E-state index in [9.17, 15) is 4.39 Å². The molecule has 0 fully saturated rings. The average Bonchev–Trinajstić information content (AvgIpc) is 2.75. The number of nitrogens with zero attached hydrogens (tertiary/aromatic N) is 1. The average molecular weight is 321 g/mol. The molecule has 1 heterocycles. The molecule has 0 saturated heterocycles. The first-order valence-electron chi connectivity index (χ1n) is 6.21. The molecule has 0 amide bonds. The van der Waals surface area contributed by atoms with Gasteiger partial charge in [-0.3, -0.25) is 0 Å². The van der Waals surface area contributed by atoms with Gasteiger partial charge in [-0.25, -0.2) is 4.39 Å². The van der Waals surface area contributed by atoms with Gasteiger partial charge in [0.2, 0.25) is 0 Å². The van der Waals surface area contributed by atoms with Gasteiger partial charge in [0.05, 0.1) is 0 Å². The van der Waals surface area contributed by atoms with Crippen LogP contribution in [0.15, 0.2) is 40.9 Å². The number of nitrogens with two attached hydrogens (primary N) is 1. The van der Waals surface area contributed by atoms with E-state index in [1.54, 1.807) is 0 Å². The highest BCUT2D eigenvalue weighted by molar-refractivity contribution is 9.10. The third-order valence-electron chi connectivity index (χ3n) is 3.48. The number of hydrogen-bond donors (Lipinski definition) is 1. The van der Waals surface area contributed by atoms with E-state index in [2.05, 4.69) is 26.9 Å². The lowest BCUT2D eigenvalue weighted by Gasteiger charge is -2.20. The molecule has 0 spiro atoms. The summed E-state index contributed by atoms with van der Waals surface area (Å²) in [4.78, 5) is 2.28. The van der Waals surface area contributed by atoms with Gasteiger partial charge in [-0.1, -0.05) is 28.1 Å². The highest BCUT2D eigenvalue weighted by atomic mass is 79.9. The first-order valence-corrected chi connectivity index (χ1v) is 7.00. The Hall–Kier alpha value is -1.55. The van der Waals surface area contributed by atoms with Crippen molar-refractivity contribution in [3.63, 3.8) is 0 Å². The first kappa shape index (κ1) is 12.5. The van der Waals surface area contributed by atoms with Crippen molar-refractivity contribution in [2.75, 3.05) is 17.2 Å². The standard InChI is InChI=1S/C15H14BrFN2/c16-14-7-12(17)3-1-11(14)9-19-6-5-10-2-4-13(18)8-15(10)19/h1-4,7-8H,5-6,9,18H2. The Kier molecular flexibility index (Phi) is 3.19. The Bertz CT molecular complexity index is 628. The number of rotatable bonds is 2. The first-order chi connectivity index (χ1) is 9.13. The topological polar surface area (TPSA) is 29.3 Å². The van der Waals surface area contributed by atoms with Crippen molar-refractivity contribution in [3.05, 3.63) is 57.8 Å². The van der Waals surface area contributed by atoms with E-state index in [0.29, 0.717) is 0 Å². The zero-order valence-corrected chi connectivity index (χ0v) is 12.0. The third kappa shape index (κ3) is 2.45. The van der Waals surface area contributed by atoms with Gasteiger partial charge in [-0.15, -0.1) is 0 Å². The van der Waals surface area contributed by atoms with E-state index < -0.39 is 0 Å². The Morgan fingerprint density at radius 2 is 2.05 bits per heavy atom. The molecule has 2 aromatic rings. The number of benzene rings is 2. The molecule has 0 radical (unpaired) electrons. The minimum atomic E-state index is -0.221. The van der Waals surface area contributed by atoms with Gasteiger partial charge in [0, 0.05) is 28.9 Å². The van der Waals surface area contributed by atoms with Crippen LogP contribution in [0.2, 0.25) is 0 Å². The van der Waals surface area contributed by atoms with Crippen molar-refractivity contribution in [3.8, 4) is 0 Å². The van der Waals surface area contributed by atoms with E-state index >= 15 is 0 Å². The Labute approximate surface area is 120 Å². The maximum absolute atomic E-state index is 13.1. The minimum absolute atomic E-state index is 0.221. The van der Waals surface area contributed by atoms with Crippen molar-refractivity contribution in [1.82, 2.24) is 0 Å². The Morgan fingerprint density at radius 1 is 1.21 bits per heavy atom. The van der Waals surface area contributed by atoms with Crippen LogP contribution in [-0.2, 0) is 13.0 Å². The van der Waals surface area contributed by atoms with E-state index in [4.69, 9.17) is 5.73 Å². The summed E-state index contributed by atoms with van der Waals surface area (Å²) in [5, 5.41) is 0. The number of hydrogen-bond acceptors (Lipinski definition) is 2.